The Kier molecular flexibility index (Phi) is 7.22. The number of benzene rings is 2. The fourth-order valence-electron chi connectivity index (χ4n) is 2.92. The standard InChI is InChI=1S/C21H21Cl2N3O2S/c1-3-24-19(27)13(2)29-21-25-18-7-5-4-6-16(18)20(28)26(21)11-10-14-8-9-15(22)12-17(14)23/h4-9,12-13H,3,10-11H2,1-2H3,(H,24,27)/t13-/m1/s1. The number of fused-ring (bicyclic) bond motifs is 1. The maximum absolute atomic E-state index is 13.1. The minimum Gasteiger partial charge on any atom is -0.355 e. The number of nitrogens with zero attached hydrogens (tertiary/aromatic N) is 2. The normalized spacial score (nSPS) is 12.1. The summed E-state index contributed by atoms with van der Waals surface area (Å²) in [5.74, 6) is -0.0906. The molecular weight excluding hydrogens is 429 g/mol. The number of amides is 1. The van der Waals surface area contributed by atoms with Gasteiger partial charge in [0.2, 0.25) is 5.91 Å². The number of hydrogen-bond acceptors (Lipinski definition) is 4. The highest BCUT2D eigenvalue weighted by Crippen LogP contribution is 2.25. The Bertz CT molecular complexity index is 1100. The number of rotatable bonds is 7. The summed E-state index contributed by atoms with van der Waals surface area (Å²) in [5.41, 5.74) is 1.37. The van der Waals surface area contributed by atoms with Crippen LogP contribution in [0.5, 0.6) is 0 Å². The first-order valence-corrected chi connectivity index (χ1v) is 10.9. The van der Waals surface area contributed by atoms with Crippen molar-refractivity contribution in [3.8, 4) is 0 Å². The van der Waals surface area contributed by atoms with E-state index in [-0.39, 0.29) is 16.7 Å². The Labute approximate surface area is 183 Å². The molecule has 0 aliphatic heterocycles. The Morgan fingerprint density at radius 3 is 2.72 bits per heavy atom. The molecule has 0 saturated carbocycles. The Hall–Kier alpha value is -2.02. The molecular formula is C21H21Cl2N3O2S. The van der Waals surface area contributed by atoms with Gasteiger partial charge in [-0.3, -0.25) is 14.2 Å². The van der Waals surface area contributed by atoms with Crippen molar-refractivity contribution >= 4 is 51.8 Å². The monoisotopic (exact) mass is 449 g/mol. The van der Waals surface area contributed by atoms with Crippen LogP contribution >= 0.6 is 35.0 Å². The highest BCUT2D eigenvalue weighted by atomic mass is 35.5. The average molecular weight is 450 g/mol. The number of thioether (sulfide) groups is 1. The van der Waals surface area contributed by atoms with Gasteiger partial charge in [-0.2, -0.15) is 0 Å². The van der Waals surface area contributed by atoms with Gasteiger partial charge in [-0.05, 0) is 50.1 Å². The zero-order valence-electron chi connectivity index (χ0n) is 16.1. The van der Waals surface area contributed by atoms with Gasteiger partial charge < -0.3 is 5.32 Å². The first-order valence-electron chi connectivity index (χ1n) is 9.28. The zero-order chi connectivity index (χ0) is 21.0. The topological polar surface area (TPSA) is 64.0 Å². The van der Waals surface area contributed by atoms with Gasteiger partial charge in [0.1, 0.15) is 0 Å². The second kappa shape index (κ2) is 9.65. The van der Waals surface area contributed by atoms with Crippen LogP contribution in [-0.2, 0) is 17.8 Å². The van der Waals surface area contributed by atoms with Crippen LogP contribution < -0.4 is 10.9 Å². The van der Waals surface area contributed by atoms with E-state index < -0.39 is 0 Å². The van der Waals surface area contributed by atoms with Gasteiger partial charge in [0, 0.05) is 23.1 Å². The van der Waals surface area contributed by atoms with Gasteiger partial charge in [-0.1, -0.05) is 53.2 Å². The number of halogens is 2. The van der Waals surface area contributed by atoms with E-state index in [1.54, 1.807) is 35.8 Å². The molecule has 152 valence electrons. The first kappa shape index (κ1) is 21.7. The van der Waals surface area contributed by atoms with Crippen molar-refractivity contribution in [2.45, 2.75) is 37.2 Å². The molecule has 0 bridgehead atoms. The number of carbonyl (C=O) groups is 1. The van der Waals surface area contributed by atoms with Crippen molar-refractivity contribution in [2.24, 2.45) is 0 Å². The van der Waals surface area contributed by atoms with E-state index in [9.17, 15) is 9.59 Å². The third-order valence-electron chi connectivity index (χ3n) is 4.45. The van der Waals surface area contributed by atoms with Crippen LogP contribution in [0.25, 0.3) is 10.9 Å². The molecule has 3 aromatic rings. The predicted molar refractivity (Wildman–Crippen MR) is 120 cm³/mol. The molecule has 2 aromatic carbocycles. The molecule has 0 saturated heterocycles. The van der Waals surface area contributed by atoms with Crippen molar-refractivity contribution in [3.63, 3.8) is 0 Å². The third-order valence-corrected chi connectivity index (χ3v) is 6.13. The van der Waals surface area contributed by atoms with Crippen molar-refractivity contribution in [1.29, 1.82) is 0 Å². The van der Waals surface area contributed by atoms with Crippen LogP contribution in [0, 0.1) is 0 Å². The van der Waals surface area contributed by atoms with Crippen molar-refractivity contribution in [2.75, 3.05) is 6.54 Å². The molecule has 1 N–H and O–H groups in total. The summed E-state index contributed by atoms with van der Waals surface area (Å²) in [7, 11) is 0. The average Bonchev–Trinajstić information content (AvgIpc) is 2.69. The van der Waals surface area contributed by atoms with Crippen LogP contribution in [0.2, 0.25) is 10.0 Å². The lowest BCUT2D eigenvalue weighted by atomic mass is 10.1. The maximum Gasteiger partial charge on any atom is 0.262 e. The molecule has 0 unspecified atom stereocenters. The lowest BCUT2D eigenvalue weighted by molar-refractivity contribution is -0.120. The molecule has 0 fully saturated rings. The van der Waals surface area contributed by atoms with E-state index >= 15 is 0 Å². The molecule has 0 spiro atoms. The van der Waals surface area contributed by atoms with Crippen LogP contribution in [-0.4, -0.2) is 27.3 Å². The molecule has 0 aliphatic rings. The van der Waals surface area contributed by atoms with Crippen LogP contribution in [0.1, 0.15) is 19.4 Å². The fraction of sp³-hybridized carbons (Fsp3) is 0.286. The van der Waals surface area contributed by atoms with Crippen molar-refractivity contribution in [1.82, 2.24) is 14.9 Å². The Morgan fingerprint density at radius 2 is 2.00 bits per heavy atom. The van der Waals surface area contributed by atoms with E-state index in [2.05, 4.69) is 10.3 Å². The van der Waals surface area contributed by atoms with Crippen LogP contribution in [0.3, 0.4) is 0 Å². The van der Waals surface area contributed by atoms with Crippen LogP contribution in [0.4, 0.5) is 0 Å². The lowest BCUT2D eigenvalue weighted by Gasteiger charge is -2.16. The molecule has 1 atom stereocenters. The van der Waals surface area contributed by atoms with E-state index in [0.717, 1.165) is 5.56 Å². The Morgan fingerprint density at radius 1 is 1.24 bits per heavy atom. The van der Waals surface area contributed by atoms with Gasteiger partial charge in [-0.15, -0.1) is 0 Å². The summed E-state index contributed by atoms with van der Waals surface area (Å²) < 4.78 is 1.62. The molecule has 1 heterocycles. The zero-order valence-corrected chi connectivity index (χ0v) is 18.4. The summed E-state index contributed by atoms with van der Waals surface area (Å²) in [6, 6.07) is 12.5. The van der Waals surface area contributed by atoms with Gasteiger partial charge >= 0.3 is 0 Å². The molecule has 1 amide bonds. The largest absolute Gasteiger partial charge is 0.355 e. The molecule has 0 radical (unpaired) electrons. The summed E-state index contributed by atoms with van der Waals surface area (Å²) in [6.45, 7) is 4.62. The van der Waals surface area contributed by atoms with Gasteiger partial charge in [0.15, 0.2) is 5.16 Å². The minimum absolute atomic E-state index is 0.0906. The summed E-state index contributed by atoms with van der Waals surface area (Å²) >= 11 is 13.5. The number of para-hydroxylation sites is 1. The number of carbonyl (C=O) groups excluding carboxylic acids is 1. The molecule has 0 aliphatic carbocycles. The number of hydrogen-bond donors (Lipinski definition) is 1. The second-order valence-corrected chi connectivity index (χ2v) is 8.66. The maximum atomic E-state index is 13.1. The minimum atomic E-state index is -0.381. The van der Waals surface area contributed by atoms with E-state index in [1.165, 1.54) is 11.8 Å². The second-order valence-electron chi connectivity index (χ2n) is 6.51. The predicted octanol–water partition coefficient (Wildman–Crippen LogP) is 4.56. The number of nitrogens with one attached hydrogen (secondary N) is 1. The van der Waals surface area contributed by atoms with E-state index in [1.807, 2.05) is 25.1 Å². The van der Waals surface area contributed by atoms with Gasteiger partial charge in [-0.25, -0.2) is 4.98 Å². The van der Waals surface area contributed by atoms with Gasteiger partial charge in [0.05, 0.1) is 16.2 Å². The third kappa shape index (κ3) is 5.13. The molecule has 8 heteroatoms. The highest BCUT2D eigenvalue weighted by Gasteiger charge is 2.19. The molecule has 29 heavy (non-hydrogen) atoms. The lowest BCUT2D eigenvalue weighted by Crippen LogP contribution is -2.32. The number of aryl methyl sites for hydroxylation is 1. The van der Waals surface area contributed by atoms with Gasteiger partial charge in [0.25, 0.3) is 5.56 Å². The summed E-state index contributed by atoms with van der Waals surface area (Å²) in [6.07, 6.45) is 0.541. The fourth-order valence-corrected chi connectivity index (χ4v) is 4.38. The SMILES string of the molecule is CCNC(=O)[C@@H](C)Sc1nc2ccccc2c(=O)n1CCc1ccc(Cl)cc1Cl. The van der Waals surface area contributed by atoms with Crippen LogP contribution in [0.15, 0.2) is 52.4 Å². The number of aromatic nitrogens is 2. The van der Waals surface area contributed by atoms with E-state index in [4.69, 9.17) is 23.2 Å². The van der Waals surface area contributed by atoms with Crippen molar-refractivity contribution < 1.29 is 4.79 Å². The molecule has 1 aromatic heterocycles. The summed E-state index contributed by atoms with van der Waals surface area (Å²) in [4.78, 5) is 30.0. The molecule has 5 nitrogen and oxygen atoms in total. The Balaban J connectivity index is 1.97. The first-order chi connectivity index (χ1) is 13.9. The quantitative estimate of drug-likeness (QED) is 0.423. The highest BCUT2D eigenvalue weighted by molar-refractivity contribution is 8.00. The smallest absolute Gasteiger partial charge is 0.262 e. The molecule has 3 rings (SSSR count). The van der Waals surface area contributed by atoms with E-state index in [0.29, 0.717) is 45.6 Å². The van der Waals surface area contributed by atoms with Crippen molar-refractivity contribution in [3.05, 3.63) is 68.4 Å². The summed E-state index contributed by atoms with van der Waals surface area (Å²) in [5, 5.41) is 4.60.